The molecule has 156 valence electrons. The molecule has 0 aliphatic heterocycles. The first-order valence-electron chi connectivity index (χ1n) is 9.21. The summed E-state index contributed by atoms with van der Waals surface area (Å²) in [5, 5.41) is 5.25. The molecule has 3 amide bonds. The molecule has 0 saturated carbocycles. The molecule has 1 rings (SSSR count). The van der Waals surface area contributed by atoms with Crippen LogP contribution in [0.4, 0.5) is 4.79 Å². The predicted octanol–water partition coefficient (Wildman–Crippen LogP) is 2.90. The molecule has 7 nitrogen and oxygen atoms in total. The molecule has 8 heteroatoms. The number of primary amides is 1. The lowest BCUT2D eigenvalue weighted by Crippen LogP contribution is -2.54. The van der Waals surface area contributed by atoms with Crippen molar-refractivity contribution in [2.24, 2.45) is 11.7 Å². The van der Waals surface area contributed by atoms with Gasteiger partial charge in [-0.15, -0.1) is 0 Å². The number of rotatable bonds is 8. The van der Waals surface area contributed by atoms with Gasteiger partial charge >= 0.3 is 6.09 Å². The molecule has 0 radical (unpaired) electrons. The third-order valence-electron chi connectivity index (χ3n) is 3.73. The quantitative estimate of drug-likeness (QED) is 0.559. The van der Waals surface area contributed by atoms with Crippen LogP contribution >= 0.6 is 15.9 Å². The second kappa shape index (κ2) is 10.5. The minimum atomic E-state index is -0.912. The van der Waals surface area contributed by atoms with Crippen LogP contribution in [0.5, 0.6) is 0 Å². The maximum Gasteiger partial charge on any atom is 0.408 e. The third kappa shape index (κ3) is 9.21. The van der Waals surface area contributed by atoms with Crippen LogP contribution in [-0.4, -0.2) is 35.6 Å². The molecule has 0 bridgehead atoms. The number of ether oxygens (including phenoxy) is 1. The zero-order valence-corrected chi connectivity index (χ0v) is 18.6. The first-order valence-corrected chi connectivity index (χ1v) is 10.0. The molecular weight excluding hydrogens is 426 g/mol. The zero-order chi connectivity index (χ0) is 21.5. The van der Waals surface area contributed by atoms with Crippen molar-refractivity contribution in [2.75, 3.05) is 0 Å². The summed E-state index contributed by atoms with van der Waals surface area (Å²) in [6.45, 7) is 9.08. The van der Waals surface area contributed by atoms with E-state index in [0.29, 0.717) is 6.42 Å². The van der Waals surface area contributed by atoms with Crippen LogP contribution < -0.4 is 16.4 Å². The Balaban J connectivity index is 2.96. The zero-order valence-electron chi connectivity index (χ0n) is 17.0. The van der Waals surface area contributed by atoms with E-state index in [-0.39, 0.29) is 12.3 Å². The van der Waals surface area contributed by atoms with E-state index in [1.54, 1.807) is 20.8 Å². The van der Waals surface area contributed by atoms with Gasteiger partial charge in [-0.3, -0.25) is 9.59 Å². The summed E-state index contributed by atoms with van der Waals surface area (Å²) in [6.07, 6.45) is -0.0476. The van der Waals surface area contributed by atoms with Gasteiger partial charge in [-0.25, -0.2) is 4.79 Å². The van der Waals surface area contributed by atoms with Crippen molar-refractivity contribution in [1.29, 1.82) is 0 Å². The summed E-state index contributed by atoms with van der Waals surface area (Å²) in [7, 11) is 0. The smallest absolute Gasteiger partial charge is 0.408 e. The number of carbonyl (C=O) groups excluding carboxylic acids is 3. The average Bonchev–Trinajstić information content (AvgIpc) is 2.53. The van der Waals surface area contributed by atoms with Gasteiger partial charge in [0, 0.05) is 10.9 Å². The molecule has 1 aromatic rings. The van der Waals surface area contributed by atoms with Crippen molar-refractivity contribution in [3.05, 3.63) is 34.3 Å². The van der Waals surface area contributed by atoms with Crippen molar-refractivity contribution in [3.8, 4) is 0 Å². The number of hydrogen-bond donors (Lipinski definition) is 3. The van der Waals surface area contributed by atoms with Gasteiger partial charge in [-0.05, 0) is 50.8 Å². The van der Waals surface area contributed by atoms with E-state index in [1.165, 1.54) is 0 Å². The Morgan fingerprint density at radius 3 is 2.11 bits per heavy atom. The van der Waals surface area contributed by atoms with Crippen molar-refractivity contribution < 1.29 is 19.1 Å². The van der Waals surface area contributed by atoms with Crippen LogP contribution in [0, 0.1) is 5.92 Å². The van der Waals surface area contributed by atoms with Crippen LogP contribution in [0.1, 0.15) is 46.6 Å². The lowest BCUT2D eigenvalue weighted by Gasteiger charge is -2.25. The Labute approximate surface area is 174 Å². The fraction of sp³-hybridized carbons (Fsp3) is 0.550. The van der Waals surface area contributed by atoms with Crippen LogP contribution in [0.25, 0.3) is 0 Å². The molecule has 0 aliphatic carbocycles. The molecule has 0 aliphatic rings. The van der Waals surface area contributed by atoms with Gasteiger partial charge in [0.05, 0.1) is 0 Å². The predicted molar refractivity (Wildman–Crippen MR) is 112 cm³/mol. The van der Waals surface area contributed by atoms with Crippen molar-refractivity contribution >= 4 is 33.8 Å². The molecule has 1 aromatic carbocycles. The molecule has 2 atom stereocenters. The number of amides is 3. The van der Waals surface area contributed by atoms with E-state index >= 15 is 0 Å². The summed E-state index contributed by atoms with van der Waals surface area (Å²) in [4.78, 5) is 36.7. The van der Waals surface area contributed by atoms with E-state index in [4.69, 9.17) is 10.5 Å². The Morgan fingerprint density at radius 2 is 1.64 bits per heavy atom. The van der Waals surface area contributed by atoms with Crippen LogP contribution in [0.3, 0.4) is 0 Å². The van der Waals surface area contributed by atoms with Gasteiger partial charge in [0.2, 0.25) is 11.8 Å². The number of halogens is 1. The van der Waals surface area contributed by atoms with Crippen molar-refractivity contribution in [2.45, 2.75) is 65.1 Å². The first kappa shape index (κ1) is 23.9. The second-order valence-corrected chi connectivity index (χ2v) is 9.04. The highest BCUT2D eigenvalue weighted by atomic mass is 79.9. The SMILES string of the molecule is CC(C)C[C@H](NC(=O)C(Cc1ccc(Br)cc1)NC(=O)OC(C)(C)C)C(N)=O. The van der Waals surface area contributed by atoms with Gasteiger partial charge in [-0.1, -0.05) is 41.9 Å². The van der Waals surface area contributed by atoms with Crippen LogP contribution in [0.2, 0.25) is 0 Å². The first-order chi connectivity index (χ1) is 12.9. The average molecular weight is 456 g/mol. The number of hydrogen-bond acceptors (Lipinski definition) is 4. The topological polar surface area (TPSA) is 111 Å². The molecule has 0 spiro atoms. The normalized spacial score (nSPS) is 13.5. The lowest BCUT2D eigenvalue weighted by molar-refractivity contribution is -0.128. The van der Waals surface area contributed by atoms with Crippen LogP contribution in [0.15, 0.2) is 28.7 Å². The van der Waals surface area contributed by atoms with E-state index in [1.807, 2.05) is 38.1 Å². The van der Waals surface area contributed by atoms with Gasteiger partial charge in [0.15, 0.2) is 0 Å². The maximum absolute atomic E-state index is 12.8. The van der Waals surface area contributed by atoms with Crippen LogP contribution in [-0.2, 0) is 20.7 Å². The van der Waals surface area contributed by atoms with Gasteiger partial charge < -0.3 is 21.1 Å². The molecule has 0 fully saturated rings. The van der Waals surface area contributed by atoms with Crippen molar-refractivity contribution in [3.63, 3.8) is 0 Å². The molecule has 0 aromatic heterocycles. The highest BCUT2D eigenvalue weighted by Gasteiger charge is 2.28. The molecule has 4 N–H and O–H groups in total. The fourth-order valence-electron chi connectivity index (χ4n) is 2.51. The van der Waals surface area contributed by atoms with Crippen molar-refractivity contribution in [1.82, 2.24) is 10.6 Å². The Bertz CT molecular complexity index is 684. The molecule has 1 unspecified atom stereocenters. The molecule has 28 heavy (non-hydrogen) atoms. The molecule has 0 heterocycles. The maximum atomic E-state index is 12.8. The summed E-state index contributed by atoms with van der Waals surface area (Å²) in [5.41, 5.74) is 5.56. The largest absolute Gasteiger partial charge is 0.444 e. The summed E-state index contributed by atoms with van der Waals surface area (Å²) >= 11 is 3.37. The summed E-state index contributed by atoms with van der Waals surface area (Å²) in [5.74, 6) is -0.929. The minimum Gasteiger partial charge on any atom is -0.444 e. The van der Waals surface area contributed by atoms with E-state index < -0.39 is 35.6 Å². The third-order valence-corrected chi connectivity index (χ3v) is 4.26. The standard InChI is InChI=1S/C20H30BrN3O4/c1-12(2)10-15(17(22)25)23-18(26)16(24-19(27)28-20(3,4)5)11-13-6-8-14(21)9-7-13/h6-9,12,15-16H,10-11H2,1-5H3,(H2,22,25)(H,23,26)(H,24,27)/t15-,16?/m0/s1. The fourth-order valence-corrected chi connectivity index (χ4v) is 2.77. The Morgan fingerprint density at radius 1 is 1.07 bits per heavy atom. The van der Waals surface area contributed by atoms with Gasteiger partial charge in [-0.2, -0.15) is 0 Å². The van der Waals surface area contributed by atoms with E-state index in [0.717, 1.165) is 10.0 Å². The second-order valence-electron chi connectivity index (χ2n) is 8.12. The van der Waals surface area contributed by atoms with Gasteiger partial charge in [0.1, 0.15) is 17.7 Å². The minimum absolute atomic E-state index is 0.168. The number of nitrogens with two attached hydrogens (primary N) is 1. The number of carbonyl (C=O) groups is 3. The summed E-state index contributed by atoms with van der Waals surface area (Å²) in [6, 6.07) is 5.68. The Hall–Kier alpha value is -2.09. The number of alkyl carbamates (subject to hydrolysis) is 1. The Kier molecular flexibility index (Phi) is 8.94. The molecular formula is C20H30BrN3O4. The monoisotopic (exact) mass is 455 g/mol. The highest BCUT2D eigenvalue weighted by Crippen LogP contribution is 2.13. The summed E-state index contributed by atoms with van der Waals surface area (Å²) < 4.78 is 6.17. The number of benzene rings is 1. The highest BCUT2D eigenvalue weighted by molar-refractivity contribution is 9.10. The molecule has 0 saturated heterocycles. The van der Waals surface area contributed by atoms with E-state index in [2.05, 4.69) is 26.6 Å². The number of nitrogens with one attached hydrogen (secondary N) is 2. The lowest BCUT2D eigenvalue weighted by atomic mass is 10.0. The van der Waals surface area contributed by atoms with E-state index in [9.17, 15) is 14.4 Å². The van der Waals surface area contributed by atoms with Gasteiger partial charge in [0.25, 0.3) is 0 Å².